The largest absolute Gasteiger partial charge is 0.490 e. The molecule has 1 aromatic rings. The van der Waals surface area contributed by atoms with Gasteiger partial charge in [0.05, 0.1) is 13.2 Å². The van der Waals surface area contributed by atoms with E-state index < -0.39 is 0 Å². The van der Waals surface area contributed by atoms with Crippen LogP contribution in [0.5, 0.6) is 11.5 Å². The molecule has 0 heterocycles. The number of amides is 1. The zero-order valence-electron chi connectivity index (χ0n) is 17.2. The van der Waals surface area contributed by atoms with Gasteiger partial charge in [-0.05, 0) is 43.7 Å². The summed E-state index contributed by atoms with van der Waals surface area (Å²) in [6.45, 7) is 7.03. The highest BCUT2D eigenvalue weighted by Gasteiger charge is 2.28. The first-order chi connectivity index (χ1) is 13.5. The first kappa shape index (κ1) is 22.1. The molecule has 1 N–H and O–H groups in total. The zero-order chi connectivity index (χ0) is 20.4. The van der Waals surface area contributed by atoms with Crippen molar-refractivity contribution in [3.63, 3.8) is 0 Å². The normalized spacial score (nSPS) is 21.6. The van der Waals surface area contributed by atoms with E-state index in [9.17, 15) is 9.59 Å². The monoisotopic (exact) mass is 391 g/mol. The molecule has 0 saturated heterocycles. The minimum atomic E-state index is -0.387. The molecular weight excluding hydrogens is 358 g/mol. The second-order valence-corrected chi connectivity index (χ2v) is 7.43. The molecule has 1 aromatic carbocycles. The minimum absolute atomic E-state index is 0.175. The summed E-state index contributed by atoms with van der Waals surface area (Å²) in [6, 6.07) is 7.61. The lowest BCUT2D eigenvalue weighted by Gasteiger charge is -2.34. The topological polar surface area (TPSA) is 73.9 Å². The van der Waals surface area contributed by atoms with E-state index in [4.69, 9.17) is 14.2 Å². The highest BCUT2D eigenvalue weighted by molar-refractivity contribution is 5.80. The fraction of sp³-hybridized carbons (Fsp3) is 0.636. The van der Waals surface area contributed by atoms with E-state index in [-0.39, 0.29) is 30.9 Å². The van der Waals surface area contributed by atoms with Crippen LogP contribution in [0.1, 0.15) is 52.9 Å². The fourth-order valence-corrected chi connectivity index (χ4v) is 3.50. The van der Waals surface area contributed by atoms with Crippen molar-refractivity contribution >= 4 is 11.9 Å². The molecule has 0 aromatic heterocycles. The SMILES string of the molecule is CCOc1ccccc1OCCCC(=O)OCC(=O)NC1CCCC(C)C1C. The highest BCUT2D eigenvalue weighted by atomic mass is 16.5. The van der Waals surface area contributed by atoms with Gasteiger partial charge in [-0.3, -0.25) is 9.59 Å². The van der Waals surface area contributed by atoms with E-state index >= 15 is 0 Å². The Balaban J connectivity index is 1.62. The van der Waals surface area contributed by atoms with Crippen molar-refractivity contribution in [3.8, 4) is 11.5 Å². The van der Waals surface area contributed by atoms with Crippen molar-refractivity contribution in [1.29, 1.82) is 0 Å². The first-order valence-corrected chi connectivity index (χ1v) is 10.3. The second-order valence-electron chi connectivity index (χ2n) is 7.43. The Labute approximate surface area is 167 Å². The number of ether oxygens (including phenoxy) is 3. The number of benzene rings is 1. The molecule has 0 bridgehead atoms. The molecule has 0 radical (unpaired) electrons. The summed E-state index contributed by atoms with van der Waals surface area (Å²) in [4.78, 5) is 23.9. The number of hydrogen-bond acceptors (Lipinski definition) is 5. The van der Waals surface area contributed by atoms with Gasteiger partial charge in [0.2, 0.25) is 0 Å². The Morgan fingerprint density at radius 1 is 1.11 bits per heavy atom. The van der Waals surface area contributed by atoms with Gasteiger partial charge in [-0.15, -0.1) is 0 Å². The fourth-order valence-electron chi connectivity index (χ4n) is 3.50. The third-order valence-electron chi connectivity index (χ3n) is 5.35. The third kappa shape index (κ3) is 7.06. The number of rotatable bonds is 10. The van der Waals surface area contributed by atoms with Crippen LogP contribution in [0.15, 0.2) is 24.3 Å². The molecule has 2 rings (SSSR count). The predicted molar refractivity (Wildman–Crippen MR) is 107 cm³/mol. The smallest absolute Gasteiger partial charge is 0.306 e. The van der Waals surface area contributed by atoms with Gasteiger partial charge in [0, 0.05) is 12.5 Å². The van der Waals surface area contributed by atoms with Gasteiger partial charge in [0.15, 0.2) is 18.1 Å². The van der Waals surface area contributed by atoms with Gasteiger partial charge in [0.1, 0.15) is 0 Å². The quantitative estimate of drug-likeness (QED) is 0.486. The van der Waals surface area contributed by atoms with Gasteiger partial charge in [-0.25, -0.2) is 0 Å². The van der Waals surface area contributed by atoms with Crippen LogP contribution in [0, 0.1) is 11.8 Å². The third-order valence-corrected chi connectivity index (χ3v) is 5.35. The minimum Gasteiger partial charge on any atom is -0.490 e. The average molecular weight is 392 g/mol. The number of para-hydroxylation sites is 2. The van der Waals surface area contributed by atoms with Gasteiger partial charge in [0.25, 0.3) is 5.91 Å². The summed E-state index contributed by atoms with van der Waals surface area (Å²) in [5.41, 5.74) is 0. The Morgan fingerprint density at radius 2 is 1.82 bits per heavy atom. The molecule has 3 atom stereocenters. The number of esters is 1. The molecule has 0 spiro atoms. The van der Waals surface area contributed by atoms with Gasteiger partial charge in [-0.2, -0.15) is 0 Å². The van der Waals surface area contributed by atoms with Crippen molar-refractivity contribution < 1.29 is 23.8 Å². The summed E-state index contributed by atoms with van der Waals surface area (Å²) < 4.78 is 16.3. The summed E-state index contributed by atoms with van der Waals surface area (Å²) in [5, 5.41) is 3.01. The van der Waals surface area contributed by atoms with Crippen LogP contribution in [0.4, 0.5) is 0 Å². The zero-order valence-corrected chi connectivity index (χ0v) is 17.2. The van der Waals surface area contributed by atoms with Crippen LogP contribution in [-0.2, 0) is 14.3 Å². The van der Waals surface area contributed by atoms with E-state index in [1.807, 2.05) is 31.2 Å². The number of hydrogen-bond donors (Lipinski definition) is 1. The van der Waals surface area contributed by atoms with Gasteiger partial charge >= 0.3 is 5.97 Å². The van der Waals surface area contributed by atoms with Crippen molar-refractivity contribution in [2.45, 2.75) is 58.9 Å². The van der Waals surface area contributed by atoms with Crippen LogP contribution in [0.3, 0.4) is 0 Å². The van der Waals surface area contributed by atoms with E-state index in [1.165, 1.54) is 6.42 Å². The molecule has 0 aliphatic heterocycles. The molecule has 1 aliphatic rings. The van der Waals surface area contributed by atoms with Crippen LogP contribution in [0.2, 0.25) is 0 Å². The van der Waals surface area contributed by atoms with Gasteiger partial charge < -0.3 is 19.5 Å². The Bertz CT molecular complexity index is 633. The Kier molecular flexibility index (Phi) is 9.11. The standard InChI is InChI=1S/C22H33NO5/c1-4-26-19-11-5-6-12-20(19)27-14-8-13-22(25)28-15-21(24)23-18-10-7-9-16(2)17(18)3/h5-6,11-12,16-18H,4,7-10,13-15H2,1-3H3,(H,23,24). The molecule has 156 valence electrons. The van der Waals surface area contributed by atoms with E-state index in [0.717, 1.165) is 12.8 Å². The Hall–Kier alpha value is -2.24. The Morgan fingerprint density at radius 3 is 2.54 bits per heavy atom. The average Bonchev–Trinajstić information content (AvgIpc) is 2.68. The summed E-state index contributed by atoms with van der Waals surface area (Å²) >= 11 is 0. The summed E-state index contributed by atoms with van der Waals surface area (Å²) in [7, 11) is 0. The van der Waals surface area contributed by atoms with Crippen molar-refractivity contribution in [3.05, 3.63) is 24.3 Å². The predicted octanol–water partition coefficient (Wildman–Crippen LogP) is 3.73. The highest BCUT2D eigenvalue weighted by Crippen LogP contribution is 2.29. The molecule has 1 saturated carbocycles. The molecule has 1 amide bonds. The maximum absolute atomic E-state index is 12.1. The van der Waals surface area contributed by atoms with Crippen LogP contribution < -0.4 is 14.8 Å². The number of nitrogens with one attached hydrogen (secondary N) is 1. The van der Waals surface area contributed by atoms with Crippen LogP contribution >= 0.6 is 0 Å². The van der Waals surface area contributed by atoms with E-state index in [0.29, 0.717) is 43.0 Å². The maximum Gasteiger partial charge on any atom is 0.306 e. The maximum atomic E-state index is 12.1. The second kappa shape index (κ2) is 11.6. The first-order valence-electron chi connectivity index (χ1n) is 10.3. The molecule has 6 nitrogen and oxygen atoms in total. The molecule has 1 fully saturated rings. The van der Waals surface area contributed by atoms with Crippen molar-refractivity contribution in [2.24, 2.45) is 11.8 Å². The summed E-state index contributed by atoms with van der Waals surface area (Å²) in [6.07, 6.45) is 4.05. The molecule has 28 heavy (non-hydrogen) atoms. The lowest BCUT2D eigenvalue weighted by Crippen LogP contribution is -2.45. The van der Waals surface area contributed by atoms with Crippen LogP contribution in [-0.4, -0.2) is 37.7 Å². The van der Waals surface area contributed by atoms with E-state index in [1.54, 1.807) is 0 Å². The molecule has 3 unspecified atom stereocenters. The van der Waals surface area contributed by atoms with E-state index in [2.05, 4.69) is 19.2 Å². The number of carbonyl (C=O) groups is 2. The van der Waals surface area contributed by atoms with Crippen molar-refractivity contribution in [1.82, 2.24) is 5.32 Å². The molecular formula is C22H33NO5. The van der Waals surface area contributed by atoms with Gasteiger partial charge in [-0.1, -0.05) is 38.8 Å². The van der Waals surface area contributed by atoms with Crippen LogP contribution in [0.25, 0.3) is 0 Å². The summed E-state index contributed by atoms with van der Waals surface area (Å²) in [5.74, 6) is 1.80. The molecule has 1 aliphatic carbocycles. The number of carbonyl (C=O) groups excluding carboxylic acids is 2. The van der Waals surface area contributed by atoms with Crippen molar-refractivity contribution in [2.75, 3.05) is 19.8 Å². The lowest BCUT2D eigenvalue weighted by molar-refractivity contribution is -0.149. The lowest BCUT2D eigenvalue weighted by atomic mass is 9.78. The molecule has 6 heteroatoms.